The van der Waals surface area contributed by atoms with Gasteiger partial charge < -0.3 is 4.52 Å². The largest absolute Gasteiger partial charge is 0.332 e. The molecule has 0 aliphatic carbocycles. The summed E-state index contributed by atoms with van der Waals surface area (Å²) in [7, 11) is -1.03. The second-order valence-corrected chi connectivity index (χ2v) is 7.81. The molecule has 1 heterocycles. The van der Waals surface area contributed by atoms with Crippen molar-refractivity contribution in [3.63, 3.8) is 0 Å². The highest BCUT2D eigenvalue weighted by atomic mass is 35.5. The lowest BCUT2D eigenvalue weighted by Gasteiger charge is -2.09. The Balaban J connectivity index is 2.46. The number of fused-ring (bicyclic) bond motifs is 1. The van der Waals surface area contributed by atoms with Gasteiger partial charge in [-0.15, -0.1) is 11.3 Å². The minimum absolute atomic E-state index is 0.462. The molecule has 0 fully saturated rings. The Bertz CT molecular complexity index is 564. The van der Waals surface area contributed by atoms with Gasteiger partial charge in [-0.05, 0) is 34.5 Å². The molecule has 1 unspecified atom stereocenters. The van der Waals surface area contributed by atoms with Crippen LogP contribution in [0.3, 0.4) is 0 Å². The van der Waals surface area contributed by atoms with Crippen LogP contribution in [0.15, 0.2) is 23.6 Å². The van der Waals surface area contributed by atoms with Gasteiger partial charge in [0.1, 0.15) is 0 Å². The molecule has 0 saturated heterocycles. The van der Waals surface area contributed by atoms with Crippen molar-refractivity contribution < 1.29 is 9.09 Å². The molecule has 1 atom stereocenters. The fourth-order valence-corrected chi connectivity index (χ4v) is 3.80. The highest BCUT2D eigenvalue weighted by Crippen LogP contribution is 2.47. The fourth-order valence-electron chi connectivity index (χ4n) is 1.55. The van der Waals surface area contributed by atoms with Crippen LogP contribution in [0.1, 0.15) is 5.56 Å². The van der Waals surface area contributed by atoms with Crippen molar-refractivity contribution >= 4 is 40.4 Å². The molecule has 5 heteroatoms. The van der Waals surface area contributed by atoms with Crippen LogP contribution in [-0.4, -0.2) is 13.8 Å². The monoisotopic (exact) mass is 274 g/mol. The first kappa shape index (κ1) is 12.1. The fraction of sp³-hybridized carbons (Fsp3) is 0.273. The van der Waals surface area contributed by atoms with Gasteiger partial charge in [0.2, 0.25) is 7.37 Å². The molecule has 86 valence electrons. The molecule has 0 saturated carbocycles. The van der Waals surface area contributed by atoms with Crippen molar-refractivity contribution in [3.05, 3.63) is 34.2 Å². The molecule has 0 N–H and O–H groups in total. The Morgan fingerprint density at radius 3 is 2.94 bits per heavy atom. The number of hydrogen-bond donors (Lipinski definition) is 0. The molecule has 0 aliphatic heterocycles. The Kier molecular flexibility index (Phi) is 3.41. The summed E-state index contributed by atoms with van der Waals surface area (Å²) in [5, 5.41) is 3.81. The Morgan fingerprint density at radius 2 is 2.25 bits per heavy atom. The molecule has 0 radical (unpaired) electrons. The molecule has 16 heavy (non-hydrogen) atoms. The van der Waals surface area contributed by atoms with Gasteiger partial charge in [-0.25, -0.2) is 0 Å². The Labute approximate surface area is 104 Å². The summed E-state index contributed by atoms with van der Waals surface area (Å²) in [5.41, 5.74) is 1.05. The molecular formula is C11H12ClO2PS. The van der Waals surface area contributed by atoms with Gasteiger partial charge in [0, 0.05) is 23.5 Å². The maximum absolute atomic E-state index is 11.9. The van der Waals surface area contributed by atoms with Crippen molar-refractivity contribution in [1.29, 1.82) is 0 Å². The molecule has 1 aromatic carbocycles. The summed E-state index contributed by atoms with van der Waals surface area (Å²) in [6.45, 7) is 1.65. The van der Waals surface area contributed by atoms with E-state index in [-0.39, 0.29) is 0 Å². The second-order valence-electron chi connectivity index (χ2n) is 3.76. The van der Waals surface area contributed by atoms with Gasteiger partial charge in [-0.2, -0.15) is 0 Å². The highest BCUT2D eigenvalue weighted by molar-refractivity contribution is 7.57. The van der Waals surface area contributed by atoms with E-state index in [2.05, 4.69) is 0 Å². The van der Waals surface area contributed by atoms with Gasteiger partial charge >= 0.3 is 0 Å². The molecule has 2 aromatic rings. The molecule has 0 aliphatic rings. The highest BCUT2D eigenvalue weighted by Gasteiger charge is 2.17. The Morgan fingerprint density at radius 1 is 1.50 bits per heavy atom. The van der Waals surface area contributed by atoms with Crippen LogP contribution in [-0.2, 0) is 15.3 Å². The van der Waals surface area contributed by atoms with E-state index in [4.69, 9.17) is 16.1 Å². The van der Waals surface area contributed by atoms with E-state index in [1.165, 1.54) is 7.11 Å². The van der Waals surface area contributed by atoms with Crippen LogP contribution in [0, 0.1) is 0 Å². The summed E-state index contributed by atoms with van der Waals surface area (Å²) >= 11 is 7.60. The summed E-state index contributed by atoms with van der Waals surface area (Å²) in [5.74, 6) is 0. The van der Waals surface area contributed by atoms with Gasteiger partial charge in [0.25, 0.3) is 0 Å². The van der Waals surface area contributed by atoms with Gasteiger partial charge in [0.15, 0.2) is 0 Å². The lowest BCUT2D eigenvalue weighted by atomic mass is 10.2. The van der Waals surface area contributed by atoms with Crippen LogP contribution >= 0.6 is 30.3 Å². The number of halogens is 1. The molecule has 0 amide bonds. The van der Waals surface area contributed by atoms with Crippen molar-refractivity contribution in [2.45, 2.75) is 6.16 Å². The minimum Gasteiger partial charge on any atom is -0.332 e. The third-order valence-electron chi connectivity index (χ3n) is 2.46. The van der Waals surface area contributed by atoms with E-state index in [9.17, 15) is 4.57 Å². The van der Waals surface area contributed by atoms with E-state index < -0.39 is 7.37 Å². The van der Waals surface area contributed by atoms with E-state index in [1.807, 2.05) is 23.6 Å². The summed E-state index contributed by atoms with van der Waals surface area (Å²) in [6, 6.07) is 5.77. The van der Waals surface area contributed by atoms with Crippen molar-refractivity contribution in [2.24, 2.45) is 0 Å². The molecule has 2 rings (SSSR count). The zero-order valence-corrected chi connectivity index (χ0v) is 11.5. The predicted octanol–water partition coefficient (Wildman–Crippen LogP) is 4.61. The van der Waals surface area contributed by atoms with Crippen molar-refractivity contribution in [1.82, 2.24) is 0 Å². The van der Waals surface area contributed by atoms with Gasteiger partial charge in [-0.1, -0.05) is 11.6 Å². The van der Waals surface area contributed by atoms with E-state index >= 15 is 0 Å². The quantitative estimate of drug-likeness (QED) is 0.764. The first-order valence-corrected chi connectivity index (χ1v) is 8.31. The number of thiophene rings is 1. The zero-order chi connectivity index (χ0) is 11.8. The van der Waals surface area contributed by atoms with Crippen LogP contribution < -0.4 is 0 Å². The van der Waals surface area contributed by atoms with E-state index in [0.29, 0.717) is 11.2 Å². The first-order chi connectivity index (χ1) is 7.52. The molecule has 0 bridgehead atoms. The smallest absolute Gasteiger partial charge is 0.204 e. The molecule has 0 spiro atoms. The number of hydrogen-bond acceptors (Lipinski definition) is 3. The summed E-state index contributed by atoms with van der Waals surface area (Å²) in [4.78, 5) is 0. The van der Waals surface area contributed by atoms with E-state index in [1.54, 1.807) is 18.0 Å². The van der Waals surface area contributed by atoms with E-state index in [0.717, 1.165) is 15.6 Å². The normalized spacial score (nSPS) is 15.2. The molecule has 2 nitrogen and oxygen atoms in total. The first-order valence-electron chi connectivity index (χ1n) is 4.80. The molecule has 1 aromatic heterocycles. The van der Waals surface area contributed by atoms with Crippen LogP contribution in [0.4, 0.5) is 0 Å². The molecular weight excluding hydrogens is 263 g/mol. The van der Waals surface area contributed by atoms with Gasteiger partial charge in [-0.3, -0.25) is 4.57 Å². The van der Waals surface area contributed by atoms with Crippen molar-refractivity contribution in [2.75, 3.05) is 13.8 Å². The minimum atomic E-state index is -2.52. The summed E-state index contributed by atoms with van der Waals surface area (Å²) < 4.78 is 18.1. The second kappa shape index (κ2) is 4.50. The average Bonchev–Trinajstić information content (AvgIpc) is 2.61. The van der Waals surface area contributed by atoms with Crippen LogP contribution in [0.25, 0.3) is 10.1 Å². The maximum atomic E-state index is 11.9. The number of benzene rings is 1. The topological polar surface area (TPSA) is 26.3 Å². The van der Waals surface area contributed by atoms with Crippen LogP contribution in [0.5, 0.6) is 0 Å². The standard InChI is InChI=1S/C11H12ClO2PS/c1-14-15(2,13)6-8-7-16-11-4-3-9(12)5-10(8)11/h3-5,7H,6H2,1-2H3. The van der Waals surface area contributed by atoms with Crippen LogP contribution in [0.2, 0.25) is 5.02 Å². The van der Waals surface area contributed by atoms with Gasteiger partial charge in [0.05, 0.1) is 6.16 Å². The third kappa shape index (κ3) is 2.49. The third-order valence-corrected chi connectivity index (χ3v) is 5.39. The maximum Gasteiger partial charge on any atom is 0.204 e. The lowest BCUT2D eigenvalue weighted by Crippen LogP contribution is -1.88. The lowest BCUT2D eigenvalue weighted by molar-refractivity contribution is 0.398. The van der Waals surface area contributed by atoms with Crippen molar-refractivity contribution in [3.8, 4) is 0 Å². The summed E-state index contributed by atoms with van der Waals surface area (Å²) in [6.07, 6.45) is 0.462. The number of rotatable bonds is 3. The predicted molar refractivity (Wildman–Crippen MR) is 71.1 cm³/mol. The zero-order valence-electron chi connectivity index (χ0n) is 9.07. The Hall–Kier alpha value is -0.340. The average molecular weight is 275 g/mol. The SMILES string of the molecule is COP(C)(=O)Cc1csc2ccc(Cl)cc12.